The van der Waals surface area contributed by atoms with Gasteiger partial charge in [-0.25, -0.2) is 9.78 Å². The van der Waals surface area contributed by atoms with Crippen LogP contribution >= 0.6 is 0 Å². The zero-order chi connectivity index (χ0) is 19.5. The summed E-state index contributed by atoms with van der Waals surface area (Å²) in [5.74, 6) is 0.467. The summed E-state index contributed by atoms with van der Waals surface area (Å²) >= 11 is 0. The predicted molar refractivity (Wildman–Crippen MR) is 108 cm³/mol. The molecule has 1 aliphatic rings. The highest BCUT2D eigenvalue weighted by molar-refractivity contribution is 5.91. The molecule has 7 nitrogen and oxygen atoms in total. The Morgan fingerprint density at radius 3 is 2.64 bits per heavy atom. The highest BCUT2D eigenvalue weighted by Crippen LogP contribution is 2.29. The maximum atomic E-state index is 13.1. The molecule has 1 N–H and O–H groups in total. The molecule has 2 aromatic heterocycles. The van der Waals surface area contributed by atoms with Gasteiger partial charge in [0.15, 0.2) is 5.65 Å². The number of hydrogen-bond donors (Lipinski definition) is 1. The van der Waals surface area contributed by atoms with E-state index in [1.165, 1.54) is 11.0 Å². The van der Waals surface area contributed by atoms with Gasteiger partial charge in [-0.15, -0.1) is 0 Å². The molecular formula is C21H24N4O3. The lowest BCUT2D eigenvalue weighted by Crippen LogP contribution is -2.31. The number of pyridine rings is 1. The first kappa shape index (κ1) is 18.3. The van der Waals surface area contributed by atoms with Crippen LogP contribution in [0, 0.1) is 0 Å². The Hall–Kier alpha value is -3.09. The number of carbonyl (C=O) groups is 1. The number of carbonyl (C=O) groups excluding carboxylic acids is 1. The van der Waals surface area contributed by atoms with E-state index in [4.69, 9.17) is 4.74 Å². The number of aromatic nitrogens is 3. The van der Waals surface area contributed by atoms with Crippen molar-refractivity contribution >= 4 is 22.8 Å². The van der Waals surface area contributed by atoms with Crippen molar-refractivity contribution in [1.82, 2.24) is 14.1 Å². The number of benzene rings is 1. The van der Waals surface area contributed by atoms with Gasteiger partial charge < -0.3 is 10.1 Å². The predicted octanol–water partition coefficient (Wildman–Crippen LogP) is 3.35. The van der Waals surface area contributed by atoms with Crippen LogP contribution in [0.2, 0.25) is 0 Å². The third-order valence-electron chi connectivity index (χ3n) is 5.34. The van der Waals surface area contributed by atoms with E-state index in [9.17, 15) is 9.59 Å². The van der Waals surface area contributed by atoms with Gasteiger partial charge in [-0.1, -0.05) is 19.3 Å². The van der Waals surface area contributed by atoms with Gasteiger partial charge in [-0.05, 0) is 49.2 Å². The molecule has 3 aromatic rings. The molecule has 2 heterocycles. The zero-order valence-electron chi connectivity index (χ0n) is 15.9. The summed E-state index contributed by atoms with van der Waals surface area (Å²) in [5.41, 5.74) is 1.86. The second-order valence-electron chi connectivity index (χ2n) is 7.15. The Balaban J connectivity index is 1.61. The van der Waals surface area contributed by atoms with Crippen molar-refractivity contribution in [2.24, 2.45) is 0 Å². The molecule has 0 aliphatic heterocycles. The van der Waals surface area contributed by atoms with Crippen LogP contribution < -0.4 is 15.7 Å². The fraction of sp³-hybridized carbons (Fsp3) is 0.381. The van der Waals surface area contributed by atoms with Gasteiger partial charge in [0.05, 0.1) is 12.6 Å². The minimum Gasteiger partial charge on any atom is -0.497 e. The second kappa shape index (κ2) is 7.88. The minimum atomic E-state index is -0.251. The van der Waals surface area contributed by atoms with Crippen molar-refractivity contribution in [3.8, 4) is 5.75 Å². The van der Waals surface area contributed by atoms with E-state index in [1.807, 2.05) is 6.07 Å². The smallest absolute Gasteiger partial charge is 0.331 e. The Morgan fingerprint density at radius 2 is 1.93 bits per heavy atom. The number of ether oxygens (including phenoxy) is 1. The third kappa shape index (κ3) is 3.52. The van der Waals surface area contributed by atoms with Crippen LogP contribution in [0.3, 0.4) is 0 Å². The Kier molecular flexibility index (Phi) is 5.14. The van der Waals surface area contributed by atoms with E-state index in [0.29, 0.717) is 16.9 Å². The molecule has 1 amide bonds. The molecule has 1 fully saturated rings. The number of imidazole rings is 1. The van der Waals surface area contributed by atoms with Gasteiger partial charge in [-0.3, -0.25) is 13.9 Å². The number of methoxy groups -OCH3 is 1. The summed E-state index contributed by atoms with van der Waals surface area (Å²) in [5, 5.41) is 2.84. The Morgan fingerprint density at radius 1 is 1.18 bits per heavy atom. The van der Waals surface area contributed by atoms with E-state index in [0.717, 1.165) is 31.4 Å². The molecule has 146 valence electrons. The summed E-state index contributed by atoms with van der Waals surface area (Å²) in [6.07, 6.45) is 7.11. The van der Waals surface area contributed by atoms with Gasteiger partial charge in [0, 0.05) is 17.9 Å². The van der Waals surface area contributed by atoms with E-state index in [2.05, 4.69) is 10.3 Å². The molecule has 0 radical (unpaired) electrons. The van der Waals surface area contributed by atoms with Gasteiger partial charge in [0.2, 0.25) is 5.91 Å². The third-order valence-corrected chi connectivity index (χ3v) is 5.34. The lowest BCUT2D eigenvalue weighted by atomic mass is 9.95. The fourth-order valence-corrected chi connectivity index (χ4v) is 3.95. The average molecular weight is 380 g/mol. The molecule has 1 aliphatic carbocycles. The summed E-state index contributed by atoms with van der Waals surface area (Å²) in [6, 6.07) is 10.9. The van der Waals surface area contributed by atoms with Crippen LogP contribution in [-0.4, -0.2) is 27.1 Å². The summed E-state index contributed by atoms with van der Waals surface area (Å²) in [6.45, 7) is -0.0488. The van der Waals surface area contributed by atoms with E-state index in [1.54, 1.807) is 48.2 Å². The average Bonchev–Trinajstić information content (AvgIpc) is 3.01. The van der Waals surface area contributed by atoms with Crippen LogP contribution in [0.25, 0.3) is 11.2 Å². The van der Waals surface area contributed by atoms with Crippen molar-refractivity contribution in [3.05, 3.63) is 53.1 Å². The standard InChI is InChI=1S/C21H24N4O3/c1-28-17-11-9-15(10-12-17)23-19(26)14-24-18-8-5-13-22-20(18)25(21(24)27)16-6-3-2-4-7-16/h5,8-13,16H,2-4,6-7,14H2,1H3,(H,23,26). The molecule has 1 saturated carbocycles. The van der Waals surface area contributed by atoms with Crippen LogP contribution in [0.15, 0.2) is 47.4 Å². The molecule has 28 heavy (non-hydrogen) atoms. The first-order valence-corrected chi connectivity index (χ1v) is 9.67. The number of hydrogen-bond acceptors (Lipinski definition) is 4. The Bertz CT molecular complexity index is 1030. The largest absolute Gasteiger partial charge is 0.497 e. The maximum absolute atomic E-state index is 13.1. The topological polar surface area (TPSA) is 78.1 Å². The molecule has 0 saturated heterocycles. The molecule has 4 rings (SSSR count). The number of nitrogens with one attached hydrogen (secondary N) is 1. The van der Waals surface area contributed by atoms with Crippen molar-refractivity contribution in [3.63, 3.8) is 0 Å². The van der Waals surface area contributed by atoms with E-state index < -0.39 is 0 Å². The zero-order valence-corrected chi connectivity index (χ0v) is 15.9. The van der Waals surface area contributed by atoms with E-state index >= 15 is 0 Å². The normalized spacial score (nSPS) is 14.9. The highest BCUT2D eigenvalue weighted by atomic mass is 16.5. The second-order valence-corrected chi connectivity index (χ2v) is 7.15. The maximum Gasteiger partial charge on any atom is 0.331 e. The summed E-state index contributed by atoms with van der Waals surface area (Å²) in [7, 11) is 1.59. The molecule has 0 bridgehead atoms. The molecule has 0 spiro atoms. The van der Waals surface area contributed by atoms with E-state index in [-0.39, 0.29) is 24.2 Å². The first-order valence-electron chi connectivity index (χ1n) is 9.67. The lowest BCUT2D eigenvalue weighted by molar-refractivity contribution is -0.116. The van der Waals surface area contributed by atoms with Crippen LogP contribution in [-0.2, 0) is 11.3 Å². The first-order chi connectivity index (χ1) is 13.7. The van der Waals surface area contributed by atoms with Gasteiger partial charge in [0.25, 0.3) is 0 Å². The molecule has 0 unspecified atom stereocenters. The number of fused-ring (bicyclic) bond motifs is 1. The van der Waals surface area contributed by atoms with Crippen LogP contribution in [0.5, 0.6) is 5.75 Å². The van der Waals surface area contributed by atoms with Crippen LogP contribution in [0.1, 0.15) is 38.1 Å². The van der Waals surface area contributed by atoms with Gasteiger partial charge in [0.1, 0.15) is 12.3 Å². The fourth-order valence-electron chi connectivity index (χ4n) is 3.95. The van der Waals surface area contributed by atoms with Crippen LogP contribution in [0.4, 0.5) is 5.69 Å². The highest BCUT2D eigenvalue weighted by Gasteiger charge is 2.23. The summed E-state index contributed by atoms with van der Waals surface area (Å²) in [4.78, 5) is 30.2. The van der Waals surface area contributed by atoms with Crippen molar-refractivity contribution in [2.75, 3.05) is 12.4 Å². The Labute approximate surface area is 163 Å². The molecular weight excluding hydrogens is 356 g/mol. The molecule has 1 aromatic carbocycles. The SMILES string of the molecule is COc1ccc(NC(=O)Cn2c(=O)n(C3CCCCC3)c3ncccc32)cc1. The lowest BCUT2D eigenvalue weighted by Gasteiger charge is -2.22. The monoisotopic (exact) mass is 380 g/mol. The number of nitrogens with zero attached hydrogens (tertiary/aromatic N) is 3. The van der Waals surface area contributed by atoms with Gasteiger partial charge >= 0.3 is 5.69 Å². The van der Waals surface area contributed by atoms with Crippen molar-refractivity contribution in [1.29, 1.82) is 0 Å². The summed E-state index contributed by atoms with van der Waals surface area (Å²) < 4.78 is 8.44. The van der Waals surface area contributed by atoms with Crippen molar-refractivity contribution < 1.29 is 9.53 Å². The minimum absolute atomic E-state index is 0.0488. The molecule has 0 atom stereocenters. The number of amides is 1. The number of rotatable bonds is 5. The number of anilines is 1. The van der Waals surface area contributed by atoms with Crippen molar-refractivity contribution in [2.45, 2.75) is 44.7 Å². The van der Waals surface area contributed by atoms with Gasteiger partial charge in [-0.2, -0.15) is 0 Å². The molecule has 7 heteroatoms. The quantitative estimate of drug-likeness (QED) is 0.736.